The normalized spacial score (nSPS) is 18.5. The third-order valence-electron chi connectivity index (χ3n) is 4.08. The molecule has 1 unspecified atom stereocenters. The van der Waals surface area contributed by atoms with Crippen LogP contribution in [0.2, 0.25) is 0 Å². The van der Waals surface area contributed by atoms with E-state index in [-0.39, 0.29) is 5.56 Å². The Labute approximate surface area is 133 Å². The predicted octanol–water partition coefficient (Wildman–Crippen LogP) is 3.21. The standard InChI is InChI=1S/C18H13BFNO2/c20-19(18(22)14-8-2-1-3-9-14)21-13-7-6-11-16(21)15-10-4-5-12-17(15)23-19/h1-13H. The monoisotopic (exact) mass is 305 g/mol. The molecule has 0 amide bonds. The maximum atomic E-state index is 15.8. The van der Waals surface area contributed by atoms with Crippen molar-refractivity contribution in [1.82, 2.24) is 0 Å². The van der Waals surface area contributed by atoms with Crippen molar-refractivity contribution in [2.24, 2.45) is 0 Å². The van der Waals surface area contributed by atoms with Crippen LogP contribution in [0.1, 0.15) is 10.4 Å². The molecule has 2 heterocycles. The molecule has 1 atom stereocenters. The van der Waals surface area contributed by atoms with Gasteiger partial charge in [-0.3, -0.25) is 0 Å². The van der Waals surface area contributed by atoms with Gasteiger partial charge in [0.1, 0.15) is 6.20 Å². The highest BCUT2D eigenvalue weighted by Gasteiger charge is 2.55. The second-order valence-corrected chi connectivity index (χ2v) is 5.49. The predicted molar refractivity (Wildman–Crippen MR) is 85.7 cm³/mol. The Morgan fingerprint density at radius 1 is 0.913 bits per heavy atom. The highest BCUT2D eigenvalue weighted by atomic mass is 19.1. The van der Waals surface area contributed by atoms with Crippen LogP contribution in [0.3, 0.4) is 0 Å². The van der Waals surface area contributed by atoms with Gasteiger partial charge in [-0.25, -0.2) is 0 Å². The maximum absolute atomic E-state index is 15.8. The minimum atomic E-state index is -3.40. The number of carbonyl (C=O) groups is 1. The molecule has 3 nitrogen and oxygen atoms in total. The molecule has 1 aliphatic rings. The van der Waals surface area contributed by atoms with E-state index in [4.69, 9.17) is 4.65 Å². The minimum Gasteiger partial charge on any atom is -0.624 e. The zero-order valence-corrected chi connectivity index (χ0v) is 12.2. The zero-order chi connectivity index (χ0) is 15.9. The van der Waals surface area contributed by atoms with Crippen molar-refractivity contribution >= 4 is 12.4 Å². The van der Waals surface area contributed by atoms with Crippen molar-refractivity contribution in [2.45, 2.75) is 0 Å². The fourth-order valence-corrected chi connectivity index (χ4v) is 2.97. The number of nitrogens with zero attached hydrogens (tertiary/aromatic N) is 1. The van der Waals surface area contributed by atoms with Crippen LogP contribution in [0.5, 0.6) is 5.75 Å². The molecule has 4 rings (SSSR count). The Balaban J connectivity index is 1.92. The molecule has 0 bridgehead atoms. The van der Waals surface area contributed by atoms with Gasteiger partial charge in [0.15, 0.2) is 11.4 Å². The van der Waals surface area contributed by atoms with Crippen LogP contribution in [0, 0.1) is 0 Å². The van der Waals surface area contributed by atoms with E-state index >= 15 is 4.32 Å². The van der Waals surface area contributed by atoms with Crippen LogP contribution >= 0.6 is 0 Å². The number of benzene rings is 2. The van der Waals surface area contributed by atoms with E-state index < -0.39 is 12.4 Å². The van der Waals surface area contributed by atoms with Crippen molar-refractivity contribution in [3.05, 3.63) is 84.6 Å². The first-order valence-corrected chi connectivity index (χ1v) is 7.42. The highest BCUT2D eigenvalue weighted by molar-refractivity contribution is 6.93. The Bertz CT molecular complexity index is 900. The average molecular weight is 305 g/mol. The van der Waals surface area contributed by atoms with Crippen LogP contribution in [-0.4, -0.2) is 12.4 Å². The molecule has 0 spiro atoms. The number of rotatable bonds is 2. The SMILES string of the molecule is O=C(c1ccccc1)[B-]1(F)Oc2ccccc2-c2cccc[n+]21. The van der Waals surface area contributed by atoms with Gasteiger partial charge < -0.3 is 18.2 Å². The number of aromatic nitrogens is 1. The largest absolute Gasteiger partial charge is 0.704 e. The van der Waals surface area contributed by atoms with Crippen molar-refractivity contribution < 1.29 is 18.2 Å². The smallest absolute Gasteiger partial charge is 0.624 e. The molecule has 0 fully saturated rings. The highest BCUT2D eigenvalue weighted by Crippen LogP contribution is 2.34. The van der Waals surface area contributed by atoms with Crippen molar-refractivity contribution in [3.63, 3.8) is 0 Å². The van der Waals surface area contributed by atoms with Gasteiger partial charge in [0.25, 0.3) is 0 Å². The lowest BCUT2D eigenvalue weighted by Crippen LogP contribution is -2.73. The molecular weight excluding hydrogens is 292 g/mol. The van der Waals surface area contributed by atoms with Gasteiger partial charge in [0.2, 0.25) is 0 Å². The molecule has 23 heavy (non-hydrogen) atoms. The van der Waals surface area contributed by atoms with Crippen molar-refractivity contribution in [2.75, 3.05) is 0 Å². The second kappa shape index (κ2) is 5.05. The van der Waals surface area contributed by atoms with Gasteiger partial charge >= 0.3 is 6.76 Å². The molecule has 2 aromatic carbocycles. The van der Waals surface area contributed by atoms with Crippen LogP contribution in [0.4, 0.5) is 4.32 Å². The van der Waals surface area contributed by atoms with Crippen LogP contribution in [0.25, 0.3) is 11.3 Å². The minimum absolute atomic E-state index is 0.289. The van der Waals surface area contributed by atoms with E-state index in [2.05, 4.69) is 0 Å². The quantitative estimate of drug-likeness (QED) is 0.681. The maximum Gasteiger partial charge on any atom is 0.704 e. The first-order valence-electron chi connectivity index (χ1n) is 7.42. The fourth-order valence-electron chi connectivity index (χ4n) is 2.97. The Morgan fingerprint density at radius 2 is 1.61 bits per heavy atom. The first kappa shape index (κ1) is 13.7. The number of para-hydroxylation sites is 1. The molecule has 1 aliphatic heterocycles. The molecule has 0 saturated heterocycles. The number of pyridine rings is 1. The Kier molecular flexibility index (Phi) is 3.01. The summed E-state index contributed by atoms with van der Waals surface area (Å²) in [4.78, 5) is 12.8. The van der Waals surface area contributed by atoms with E-state index in [1.165, 1.54) is 4.48 Å². The summed E-state index contributed by atoms with van der Waals surface area (Å²) in [6, 6.07) is 20.8. The number of hydrogen-bond acceptors (Lipinski definition) is 2. The molecule has 0 N–H and O–H groups in total. The number of halogens is 1. The van der Waals surface area contributed by atoms with Gasteiger partial charge in [-0.05, 0) is 23.8 Å². The number of carbonyl (C=O) groups excluding carboxylic acids is 1. The summed E-state index contributed by atoms with van der Waals surface area (Å²) in [5.41, 5.74) is 1.01. The van der Waals surface area contributed by atoms with E-state index in [0.717, 1.165) is 5.56 Å². The van der Waals surface area contributed by atoms with E-state index in [1.807, 2.05) is 18.2 Å². The van der Waals surface area contributed by atoms with Crippen LogP contribution < -0.4 is 9.13 Å². The lowest BCUT2D eigenvalue weighted by Gasteiger charge is -2.33. The van der Waals surface area contributed by atoms with Crippen molar-refractivity contribution in [1.29, 1.82) is 0 Å². The Hall–Kier alpha value is -2.95. The van der Waals surface area contributed by atoms with Crippen LogP contribution in [0.15, 0.2) is 79.0 Å². The third-order valence-corrected chi connectivity index (χ3v) is 4.08. The lowest BCUT2D eigenvalue weighted by molar-refractivity contribution is -0.554. The second-order valence-electron chi connectivity index (χ2n) is 5.49. The number of fused-ring (bicyclic) bond motifs is 3. The molecule has 0 saturated carbocycles. The molecule has 0 radical (unpaired) electrons. The fraction of sp³-hybridized carbons (Fsp3) is 0. The van der Waals surface area contributed by atoms with Crippen LogP contribution in [-0.2, 0) is 0 Å². The van der Waals surface area contributed by atoms with Gasteiger partial charge in [-0.2, -0.15) is 0 Å². The summed E-state index contributed by atoms with van der Waals surface area (Å²) in [5, 5.41) is 0. The molecule has 0 aliphatic carbocycles. The summed E-state index contributed by atoms with van der Waals surface area (Å²) in [6.45, 7) is -3.40. The number of hydrogen-bond donors (Lipinski definition) is 0. The average Bonchev–Trinajstić information content (AvgIpc) is 2.62. The topological polar surface area (TPSA) is 30.2 Å². The summed E-state index contributed by atoms with van der Waals surface area (Å²) >= 11 is 0. The molecular formula is C18H13BFNO2. The third kappa shape index (κ3) is 2.05. The van der Waals surface area contributed by atoms with Gasteiger partial charge in [-0.15, -0.1) is 0 Å². The van der Waals surface area contributed by atoms with E-state index in [0.29, 0.717) is 11.4 Å². The van der Waals surface area contributed by atoms with E-state index in [1.54, 1.807) is 60.8 Å². The summed E-state index contributed by atoms with van der Waals surface area (Å²) in [5.74, 6) is 0.380. The van der Waals surface area contributed by atoms with Gasteiger partial charge in [0.05, 0.1) is 11.3 Å². The van der Waals surface area contributed by atoms with Gasteiger partial charge in [0, 0.05) is 6.07 Å². The lowest BCUT2D eigenvalue weighted by atomic mass is 9.65. The molecule has 3 aromatic rings. The van der Waals surface area contributed by atoms with Gasteiger partial charge in [-0.1, -0.05) is 48.5 Å². The first-order chi connectivity index (χ1) is 11.2. The summed E-state index contributed by atoms with van der Waals surface area (Å²) in [7, 11) is 0. The molecule has 112 valence electrons. The summed E-state index contributed by atoms with van der Waals surface area (Å²) in [6.07, 6.45) is 1.55. The zero-order valence-electron chi connectivity index (χ0n) is 12.2. The summed E-state index contributed by atoms with van der Waals surface area (Å²) < 4.78 is 22.7. The molecule has 5 heteroatoms. The Morgan fingerprint density at radius 3 is 2.43 bits per heavy atom. The van der Waals surface area contributed by atoms with E-state index in [9.17, 15) is 4.79 Å². The molecule has 1 aromatic heterocycles. The van der Waals surface area contributed by atoms with Crippen molar-refractivity contribution in [3.8, 4) is 17.0 Å².